The molecular weight excluding hydrogens is 224 g/mol. The standard InChI is InChI=1S/C15H24N2O/c1-17(15(18)10-6-3-7-12-16)13-11-14-8-4-2-5-9-14/h2,4-5,8-9H,3,6-7,10-13,16H2,1H3. The molecule has 0 aliphatic heterocycles. The molecule has 1 aromatic carbocycles. The predicted octanol–water partition coefficient (Wildman–Crippen LogP) is 2.21. The number of benzene rings is 1. The van der Waals surface area contributed by atoms with Crippen LogP contribution in [-0.4, -0.2) is 30.9 Å². The quantitative estimate of drug-likeness (QED) is 0.717. The summed E-state index contributed by atoms with van der Waals surface area (Å²) >= 11 is 0. The van der Waals surface area contributed by atoms with E-state index in [9.17, 15) is 4.79 Å². The summed E-state index contributed by atoms with van der Waals surface area (Å²) in [5.41, 5.74) is 6.70. The van der Waals surface area contributed by atoms with Crippen LogP contribution in [0.15, 0.2) is 30.3 Å². The zero-order chi connectivity index (χ0) is 13.2. The number of amides is 1. The predicted molar refractivity (Wildman–Crippen MR) is 75.3 cm³/mol. The SMILES string of the molecule is CN(CCc1ccccc1)C(=O)CCCCCN. The molecule has 0 aliphatic rings. The van der Waals surface area contributed by atoms with Crippen LogP contribution in [0.5, 0.6) is 0 Å². The van der Waals surface area contributed by atoms with E-state index in [0.717, 1.165) is 38.8 Å². The Bertz CT molecular complexity index is 338. The molecule has 0 spiro atoms. The molecule has 0 atom stereocenters. The Balaban J connectivity index is 2.19. The fraction of sp³-hybridized carbons (Fsp3) is 0.533. The van der Waals surface area contributed by atoms with Crippen LogP contribution in [0.25, 0.3) is 0 Å². The minimum absolute atomic E-state index is 0.239. The summed E-state index contributed by atoms with van der Waals surface area (Å²) in [6.07, 6.45) is 4.58. The van der Waals surface area contributed by atoms with E-state index in [-0.39, 0.29) is 5.91 Å². The Morgan fingerprint density at radius 2 is 1.89 bits per heavy atom. The molecule has 0 fully saturated rings. The number of carbonyl (C=O) groups excluding carboxylic acids is 1. The topological polar surface area (TPSA) is 46.3 Å². The third kappa shape index (κ3) is 5.82. The maximum atomic E-state index is 11.8. The smallest absolute Gasteiger partial charge is 0.222 e. The van der Waals surface area contributed by atoms with Gasteiger partial charge < -0.3 is 10.6 Å². The molecule has 100 valence electrons. The second-order valence-corrected chi connectivity index (χ2v) is 4.65. The van der Waals surface area contributed by atoms with Gasteiger partial charge in [-0.2, -0.15) is 0 Å². The molecule has 2 N–H and O–H groups in total. The molecule has 0 heterocycles. The first-order valence-electron chi connectivity index (χ1n) is 6.72. The maximum absolute atomic E-state index is 11.8. The summed E-state index contributed by atoms with van der Waals surface area (Å²) in [6, 6.07) is 10.3. The average molecular weight is 248 g/mol. The number of carbonyl (C=O) groups is 1. The van der Waals surface area contributed by atoms with Crippen LogP contribution in [0.4, 0.5) is 0 Å². The van der Waals surface area contributed by atoms with Gasteiger partial charge in [0.15, 0.2) is 0 Å². The van der Waals surface area contributed by atoms with Crippen LogP contribution in [0.3, 0.4) is 0 Å². The minimum Gasteiger partial charge on any atom is -0.345 e. The molecule has 1 amide bonds. The van der Waals surface area contributed by atoms with Gasteiger partial charge in [-0.25, -0.2) is 0 Å². The van der Waals surface area contributed by atoms with Gasteiger partial charge in [-0.1, -0.05) is 36.8 Å². The van der Waals surface area contributed by atoms with Gasteiger partial charge in [0, 0.05) is 20.0 Å². The van der Waals surface area contributed by atoms with Crippen molar-refractivity contribution in [2.75, 3.05) is 20.1 Å². The molecular formula is C15H24N2O. The summed E-state index contributed by atoms with van der Waals surface area (Å²) in [4.78, 5) is 13.7. The lowest BCUT2D eigenvalue weighted by atomic mass is 10.1. The van der Waals surface area contributed by atoms with Crippen molar-refractivity contribution in [3.63, 3.8) is 0 Å². The van der Waals surface area contributed by atoms with E-state index < -0.39 is 0 Å². The molecule has 3 heteroatoms. The van der Waals surface area contributed by atoms with Gasteiger partial charge in [0.1, 0.15) is 0 Å². The summed E-state index contributed by atoms with van der Waals surface area (Å²) in [5, 5.41) is 0. The van der Waals surface area contributed by atoms with Gasteiger partial charge in [-0.05, 0) is 31.4 Å². The third-order valence-electron chi connectivity index (χ3n) is 3.10. The van der Waals surface area contributed by atoms with Crippen molar-refractivity contribution in [1.82, 2.24) is 4.90 Å². The van der Waals surface area contributed by atoms with Crippen molar-refractivity contribution in [2.24, 2.45) is 5.73 Å². The molecule has 0 aromatic heterocycles. The van der Waals surface area contributed by atoms with Crippen molar-refractivity contribution in [3.05, 3.63) is 35.9 Å². The molecule has 0 aliphatic carbocycles. The lowest BCUT2D eigenvalue weighted by Crippen LogP contribution is -2.28. The van der Waals surface area contributed by atoms with E-state index in [1.165, 1.54) is 5.56 Å². The first kappa shape index (κ1) is 14.7. The second-order valence-electron chi connectivity index (χ2n) is 4.65. The van der Waals surface area contributed by atoms with E-state index in [1.54, 1.807) is 0 Å². The Morgan fingerprint density at radius 3 is 2.56 bits per heavy atom. The molecule has 0 unspecified atom stereocenters. The molecule has 0 bridgehead atoms. The van der Waals surface area contributed by atoms with Gasteiger partial charge in [0.2, 0.25) is 5.91 Å². The number of unbranched alkanes of at least 4 members (excludes halogenated alkanes) is 2. The summed E-state index contributed by atoms with van der Waals surface area (Å²) < 4.78 is 0. The first-order chi connectivity index (χ1) is 8.74. The highest BCUT2D eigenvalue weighted by Gasteiger charge is 2.07. The number of hydrogen-bond donors (Lipinski definition) is 1. The Hall–Kier alpha value is -1.35. The minimum atomic E-state index is 0.239. The fourth-order valence-electron chi connectivity index (χ4n) is 1.85. The summed E-state index contributed by atoms with van der Waals surface area (Å²) in [7, 11) is 1.88. The molecule has 0 saturated carbocycles. The molecule has 3 nitrogen and oxygen atoms in total. The van der Waals surface area contributed by atoms with E-state index in [4.69, 9.17) is 5.73 Å². The van der Waals surface area contributed by atoms with Crippen LogP contribution in [-0.2, 0) is 11.2 Å². The van der Waals surface area contributed by atoms with E-state index in [2.05, 4.69) is 12.1 Å². The van der Waals surface area contributed by atoms with E-state index in [1.807, 2.05) is 30.1 Å². The number of nitrogens with two attached hydrogens (primary N) is 1. The maximum Gasteiger partial charge on any atom is 0.222 e. The van der Waals surface area contributed by atoms with Gasteiger partial charge in [0.05, 0.1) is 0 Å². The third-order valence-corrected chi connectivity index (χ3v) is 3.10. The zero-order valence-corrected chi connectivity index (χ0v) is 11.3. The van der Waals surface area contributed by atoms with Crippen molar-refractivity contribution < 1.29 is 4.79 Å². The normalized spacial score (nSPS) is 10.3. The Morgan fingerprint density at radius 1 is 1.17 bits per heavy atom. The van der Waals surface area contributed by atoms with Crippen LogP contribution in [0.1, 0.15) is 31.2 Å². The number of nitrogens with zero attached hydrogens (tertiary/aromatic N) is 1. The van der Waals surface area contributed by atoms with Crippen molar-refractivity contribution in [1.29, 1.82) is 0 Å². The van der Waals surface area contributed by atoms with Crippen molar-refractivity contribution in [3.8, 4) is 0 Å². The van der Waals surface area contributed by atoms with Crippen LogP contribution in [0, 0.1) is 0 Å². The zero-order valence-electron chi connectivity index (χ0n) is 11.3. The lowest BCUT2D eigenvalue weighted by Gasteiger charge is -2.17. The average Bonchev–Trinajstić information content (AvgIpc) is 2.42. The van der Waals surface area contributed by atoms with Crippen molar-refractivity contribution >= 4 is 5.91 Å². The van der Waals surface area contributed by atoms with Gasteiger partial charge >= 0.3 is 0 Å². The molecule has 1 rings (SSSR count). The molecule has 0 radical (unpaired) electrons. The van der Waals surface area contributed by atoms with E-state index >= 15 is 0 Å². The van der Waals surface area contributed by atoms with Gasteiger partial charge in [0.25, 0.3) is 0 Å². The van der Waals surface area contributed by atoms with Gasteiger partial charge in [-0.15, -0.1) is 0 Å². The second kappa shape index (κ2) is 8.70. The Labute approximate surface area is 110 Å². The number of rotatable bonds is 8. The van der Waals surface area contributed by atoms with Crippen LogP contribution < -0.4 is 5.73 Å². The largest absolute Gasteiger partial charge is 0.345 e. The molecule has 0 saturated heterocycles. The fourth-order valence-corrected chi connectivity index (χ4v) is 1.85. The highest BCUT2D eigenvalue weighted by atomic mass is 16.2. The van der Waals surface area contributed by atoms with E-state index in [0.29, 0.717) is 6.42 Å². The lowest BCUT2D eigenvalue weighted by molar-refractivity contribution is -0.130. The summed E-state index contributed by atoms with van der Waals surface area (Å²) in [5.74, 6) is 0.239. The molecule has 1 aromatic rings. The summed E-state index contributed by atoms with van der Waals surface area (Å²) in [6.45, 7) is 1.51. The highest BCUT2D eigenvalue weighted by molar-refractivity contribution is 5.75. The Kier molecular flexibility index (Phi) is 7.11. The van der Waals surface area contributed by atoms with Crippen LogP contribution >= 0.6 is 0 Å². The first-order valence-corrected chi connectivity index (χ1v) is 6.72. The monoisotopic (exact) mass is 248 g/mol. The highest BCUT2D eigenvalue weighted by Crippen LogP contribution is 2.04. The molecule has 18 heavy (non-hydrogen) atoms. The van der Waals surface area contributed by atoms with Gasteiger partial charge in [-0.3, -0.25) is 4.79 Å². The van der Waals surface area contributed by atoms with Crippen LogP contribution in [0.2, 0.25) is 0 Å². The number of likely N-dealkylation sites (N-methyl/N-ethyl adjacent to an activating group) is 1. The number of hydrogen-bond acceptors (Lipinski definition) is 2. The van der Waals surface area contributed by atoms with Crippen molar-refractivity contribution in [2.45, 2.75) is 32.1 Å².